The Labute approximate surface area is 184 Å². The zero-order valence-electron chi connectivity index (χ0n) is 17.7. The Kier molecular flexibility index (Phi) is 9.14. The average Bonchev–Trinajstić information content (AvgIpc) is 3.29. The molecule has 1 aliphatic rings. The van der Waals surface area contributed by atoms with Gasteiger partial charge in [0.05, 0.1) is 21.3 Å². The van der Waals surface area contributed by atoms with E-state index in [0.717, 1.165) is 0 Å². The second-order valence-electron chi connectivity index (χ2n) is 6.39. The summed E-state index contributed by atoms with van der Waals surface area (Å²) in [4.78, 5) is 33.6. The fraction of sp³-hybridized carbons (Fsp3) is 0.318. The van der Waals surface area contributed by atoms with Gasteiger partial charge < -0.3 is 33.9 Å². The number of carbonyl (C=O) groups is 3. The van der Waals surface area contributed by atoms with Gasteiger partial charge in [-0.05, 0) is 6.07 Å². The van der Waals surface area contributed by atoms with E-state index in [1.807, 2.05) is 6.07 Å². The highest BCUT2D eigenvalue weighted by Gasteiger charge is 2.47. The fourth-order valence-corrected chi connectivity index (χ4v) is 2.82. The lowest BCUT2D eigenvalue weighted by molar-refractivity contribution is -0.160. The van der Waals surface area contributed by atoms with Crippen LogP contribution in [0, 0.1) is 0 Å². The molecule has 10 heteroatoms. The second kappa shape index (κ2) is 11.8. The molecule has 1 aliphatic heterocycles. The molecule has 0 amide bonds. The third-order valence-electron chi connectivity index (χ3n) is 4.42. The quantitative estimate of drug-likeness (QED) is 0.627. The molecule has 1 unspecified atom stereocenters. The lowest BCUT2D eigenvalue weighted by Gasteiger charge is -2.11. The van der Waals surface area contributed by atoms with Crippen LogP contribution in [0.5, 0.6) is 5.75 Å². The highest BCUT2D eigenvalue weighted by atomic mass is 16.8. The minimum atomic E-state index is -1.53. The fourth-order valence-electron chi connectivity index (χ4n) is 2.82. The normalized spacial score (nSPS) is 18.6. The van der Waals surface area contributed by atoms with Crippen LogP contribution in [0.2, 0.25) is 0 Å². The third-order valence-corrected chi connectivity index (χ3v) is 4.42. The second-order valence-corrected chi connectivity index (χ2v) is 6.39. The highest BCUT2D eigenvalue weighted by molar-refractivity contribution is 5.86. The Morgan fingerprint density at radius 2 is 1.34 bits per heavy atom. The van der Waals surface area contributed by atoms with Gasteiger partial charge in [0.15, 0.2) is 24.6 Å². The molecular formula is C22H24O10. The molecule has 2 aromatic rings. The zero-order chi connectivity index (χ0) is 23.7. The molecule has 172 valence electrons. The molecule has 3 rings (SSSR count). The van der Waals surface area contributed by atoms with E-state index < -0.39 is 42.5 Å². The monoisotopic (exact) mass is 448 g/mol. The number of aliphatic hydroxyl groups is 1. The van der Waals surface area contributed by atoms with E-state index >= 15 is 0 Å². The summed E-state index contributed by atoms with van der Waals surface area (Å²) in [5.41, 5.74) is 0.973. The van der Waals surface area contributed by atoms with E-state index in [4.69, 9.17) is 19.3 Å². The van der Waals surface area contributed by atoms with Crippen LogP contribution in [0.1, 0.15) is 23.5 Å². The van der Waals surface area contributed by atoms with Gasteiger partial charge in [-0.15, -0.1) is 0 Å². The van der Waals surface area contributed by atoms with E-state index in [1.165, 1.54) is 27.4 Å². The summed E-state index contributed by atoms with van der Waals surface area (Å²) in [5.74, 6) is -2.26. The molecule has 0 bridgehead atoms. The number of esters is 2. The first-order chi connectivity index (χ1) is 15.3. The van der Waals surface area contributed by atoms with Gasteiger partial charge in [0.1, 0.15) is 5.75 Å². The summed E-state index contributed by atoms with van der Waals surface area (Å²) in [6.07, 6.45) is -4.57. The number of aliphatic carboxylic acids is 1. The molecule has 1 saturated heterocycles. The van der Waals surface area contributed by atoms with Crippen molar-refractivity contribution in [2.75, 3.05) is 21.3 Å². The van der Waals surface area contributed by atoms with Gasteiger partial charge in [-0.3, -0.25) is 0 Å². The summed E-state index contributed by atoms with van der Waals surface area (Å²) in [5, 5.41) is 17.8. The lowest BCUT2D eigenvalue weighted by atomic mass is 10.1. The molecule has 0 aromatic heterocycles. The SMILES string of the molecule is COC(=O)[C@H]1OC(c2ccccc2)O[C@@H]1C(=O)OC.COc1ccccc1C(O)C(=O)O. The number of carbonyl (C=O) groups excluding carboxylic acids is 2. The average molecular weight is 448 g/mol. The van der Waals surface area contributed by atoms with Crippen LogP contribution >= 0.6 is 0 Å². The predicted octanol–water partition coefficient (Wildman–Crippen LogP) is 1.63. The number of hydrogen-bond donors (Lipinski definition) is 2. The van der Waals surface area contributed by atoms with Crippen molar-refractivity contribution in [1.29, 1.82) is 0 Å². The molecule has 10 nitrogen and oxygen atoms in total. The van der Waals surface area contributed by atoms with Crippen molar-refractivity contribution >= 4 is 17.9 Å². The van der Waals surface area contributed by atoms with Crippen molar-refractivity contribution in [2.24, 2.45) is 0 Å². The number of ether oxygens (including phenoxy) is 5. The topological polar surface area (TPSA) is 138 Å². The van der Waals surface area contributed by atoms with Gasteiger partial charge in [-0.2, -0.15) is 0 Å². The molecule has 3 atom stereocenters. The van der Waals surface area contributed by atoms with Crippen LogP contribution in [0.25, 0.3) is 0 Å². The van der Waals surface area contributed by atoms with Crippen molar-refractivity contribution in [2.45, 2.75) is 24.6 Å². The van der Waals surface area contributed by atoms with Crippen LogP contribution in [0.4, 0.5) is 0 Å². The molecule has 0 spiro atoms. The van der Waals surface area contributed by atoms with Gasteiger partial charge in [-0.1, -0.05) is 48.5 Å². The van der Waals surface area contributed by atoms with Crippen LogP contribution < -0.4 is 4.74 Å². The number of aliphatic hydroxyl groups excluding tert-OH is 1. The largest absolute Gasteiger partial charge is 0.496 e. The number of carboxylic acids is 1. The van der Waals surface area contributed by atoms with Crippen LogP contribution in [-0.4, -0.2) is 61.7 Å². The maximum Gasteiger partial charge on any atom is 0.338 e. The molecule has 1 fully saturated rings. The van der Waals surface area contributed by atoms with Crippen LogP contribution in [0.15, 0.2) is 54.6 Å². The summed E-state index contributed by atoms with van der Waals surface area (Å²) < 4.78 is 25.0. The first-order valence-electron chi connectivity index (χ1n) is 9.39. The number of carboxylic acid groups (broad SMARTS) is 1. The summed E-state index contributed by atoms with van der Waals surface area (Å²) in [6, 6.07) is 15.5. The zero-order valence-corrected chi connectivity index (χ0v) is 17.7. The Hall–Kier alpha value is -3.47. The van der Waals surface area contributed by atoms with E-state index in [1.54, 1.807) is 42.5 Å². The highest BCUT2D eigenvalue weighted by Crippen LogP contribution is 2.32. The molecule has 0 radical (unpaired) electrons. The van der Waals surface area contributed by atoms with E-state index in [-0.39, 0.29) is 5.56 Å². The number of hydrogen-bond acceptors (Lipinski definition) is 9. The minimum Gasteiger partial charge on any atom is -0.496 e. The van der Waals surface area contributed by atoms with Crippen molar-refractivity contribution < 1.29 is 48.3 Å². The van der Waals surface area contributed by atoms with E-state index in [2.05, 4.69) is 9.47 Å². The first-order valence-corrected chi connectivity index (χ1v) is 9.39. The molecule has 0 aliphatic carbocycles. The van der Waals surface area contributed by atoms with Crippen molar-refractivity contribution in [3.63, 3.8) is 0 Å². The summed E-state index contributed by atoms with van der Waals surface area (Å²) in [7, 11) is 3.86. The number of benzene rings is 2. The third kappa shape index (κ3) is 6.03. The summed E-state index contributed by atoms with van der Waals surface area (Å²) >= 11 is 0. The standard InChI is InChI=1S/C13H14O6.C9H10O4/c1-16-11(14)9-10(12(15)17-2)19-13(18-9)8-6-4-3-5-7-8;1-13-7-5-3-2-4-6(7)8(10)9(11)12/h3-7,9-10,13H,1-2H3;2-5,8,10H,1H3,(H,11,12)/t9-,10-;/m0./s1. The van der Waals surface area contributed by atoms with Gasteiger partial charge in [0, 0.05) is 11.1 Å². The van der Waals surface area contributed by atoms with E-state index in [0.29, 0.717) is 11.3 Å². The number of methoxy groups -OCH3 is 3. The molecule has 2 aromatic carbocycles. The maximum atomic E-state index is 11.6. The Bertz CT molecular complexity index is 890. The van der Waals surface area contributed by atoms with Crippen LogP contribution in [-0.2, 0) is 33.3 Å². The number of para-hydroxylation sites is 1. The molecule has 2 N–H and O–H groups in total. The number of rotatable bonds is 6. The van der Waals surface area contributed by atoms with Crippen LogP contribution in [0.3, 0.4) is 0 Å². The summed E-state index contributed by atoms with van der Waals surface area (Å²) in [6.45, 7) is 0. The Morgan fingerprint density at radius 3 is 1.81 bits per heavy atom. The molecule has 32 heavy (non-hydrogen) atoms. The van der Waals surface area contributed by atoms with Crippen molar-refractivity contribution in [3.8, 4) is 5.75 Å². The lowest BCUT2D eigenvalue weighted by Crippen LogP contribution is -2.38. The van der Waals surface area contributed by atoms with Crippen molar-refractivity contribution in [1.82, 2.24) is 0 Å². The Morgan fingerprint density at radius 1 is 0.844 bits per heavy atom. The molecular weight excluding hydrogens is 424 g/mol. The van der Waals surface area contributed by atoms with Gasteiger partial charge in [0.25, 0.3) is 0 Å². The minimum absolute atomic E-state index is 0.262. The molecule has 1 heterocycles. The molecule has 0 saturated carbocycles. The predicted molar refractivity (Wildman–Crippen MR) is 109 cm³/mol. The van der Waals surface area contributed by atoms with Gasteiger partial charge >= 0.3 is 17.9 Å². The maximum absolute atomic E-state index is 11.6. The van der Waals surface area contributed by atoms with Gasteiger partial charge in [-0.25, -0.2) is 14.4 Å². The first kappa shape index (κ1) is 24.8. The Balaban J connectivity index is 0.000000244. The smallest absolute Gasteiger partial charge is 0.338 e. The van der Waals surface area contributed by atoms with Crippen molar-refractivity contribution in [3.05, 3.63) is 65.7 Å². The van der Waals surface area contributed by atoms with Gasteiger partial charge in [0.2, 0.25) is 0 Å². The van der Waals surface area contributed by atoms with E-state index in [9.17, 15) is 19.5 Å².